The van der Waals surface area contributed by atoms with Crippen molar-refractivity contribution < 1.29 is 15.0 Å². The third-order valence-electron chi connectivity index (χ3n) is 5.17. The molecule has 0 atom stereocenters. The Morgan fingerprint density at radius 2 is 1.62 bits per heavy atom. The molecule has 0 bridgehead atoms. The van der Waals surface area contributed by atoms with E-state index in [1.807, 2.05) is 44.2 Å². The Labute approximate surface area is 171 Å². The van der Waals surface area contributed by atoms with Crippen molar-refractivity contribution in [1.82, 2.24) is 0 Å². The molecule has 3 N–H and O–H groups in total. The third-order valence-corrected chi connectivity index (χ3v) is 5.17. The number of hydrogen-bond donors (Lipinski definition) is 3. The lowest BCUT2D eigenvalue weighted by Crippen LogP contribution is -2.02. The van der Waals surface area contributed by atoms with Crippen LogP contribution in [-0.4, -0.2) is 16.0 Å². The second-order valence-corrected chi connectivity index (χ2v) is 7.30. The van der Waals surface area contributed by atoms with Gasteiger partial charge in [0.25, 0.3) is 0 Å². The van der Waals surface area contributed by atoms with Gasteiger partial charge in [0.2, 0.25) is 0 Å². The quantitative estimate of drug-likeness (QED) is 0.386. The van der Waals surface area contributed by atoms with Crippen molar-refractivity contribution in [3.05, 3.63) is 88.5 Å². The number of benzene rings is 3. The summed E-state index contributed by atoms with van der Waals surface area (Å²) in [4.78, 5) is 12.0. The summed E-state index contributed by atoms with van der Waals surface area (Å²) < 4.78 is 0. The Morgan fingerprint density at radius 1 is 0.897 bits per heavy atom. The Kier molecular flexibility index (Phi) is 6.47. The van der Waals surface area contributed by atoms with Crippen LogP contribution in [0.25, 0.3) is 11.1 Å². The van der Waals surface area contributed by atoms with Gasteiger partial charge >= 0.3 is 0 Å². The van der Waals surface area contributed by atoms with Crippen LogP contribution in [0.1, 0.15) is 52.2 Å². The molecule has 0 unspecified atom stereocenters. The number of nitrogens with one attached hydrogen (secondary N) is 1. The van der Waals surface area contributed by atoms with E-state index in [9.17, 15) is 15.0 Å². The van der Waals surface area contributed by atoms with Crippen LogP contribution in [0.4, 0.5) is 5.69 Å². The molecule has 3 aromatic carbocycles. The molecule has 150 valence electrons. The molecule has 4 heteroatoms. The number of carbonyl (C=O) groups excluding carboxylic acids is 1. The number of aryl methyl sites for hydroxylation is 2. The van der Waals surface area contributed by atoms with Gasteiger partial charge in [-0.15, -0.1) is 0 Å². The fourth-order valence-electron chi connectivity index (χ4n) is 3.38. The summed E-state index contributed by atoms with van der Waals surface area (Å²) in [6, 6.07) is 19.4. The van der Waals surface area contributed by atoms with Crippen molar-refractivity contribution in [2.24, 2.45) is 0 Å². The van der Waals surface area contributed by atoms with Gasteiger partial charge in [-0.25, -0.2) is 0 Å². The molecule has 0 amide bonds. The van der Waals surface area contributed by atoms with E-state index in [-0.39, 0.29) is 5.78 Å². The standard InChI is InChI=1S/C25H27NO3/c1-4-24(27)20-10-12-22(17(3)13-20)23-14-21(11-5-16(23)2)26-15-18-6-8-19(9-7-18)25(28)29/h5-14,25-26,28-29H,4,15H2,1-3H3. The van der Waals surface area contributed by atoms with Crippen molar-refractivity contribution in [3.8, 4) is 11.1 Å². The minimum Gasteiger partial charge on any atom is -0.381 e. The lowest BCUT2D eigenvalue weighted by molar-refractivity contribution is -0.0424. The zero-order valence-corrected chi connectivity index (χ0v) is 17.1. The van der Waals surface area contributed by atoms with Gasteiger partial charge in [-0.05, 0) is 59.9 Å². The van der Waals surface area contributed by atoms with Crippen molar-refractivity contribution >= 4 is 11.5 Å². The van der Waals surface area contributed by atoms with E-state index in [1.54, 1.807) is 12.1 Å². The van der Waals surface area contributed by atoms with Gasteiger partial charge in [0.05, 0.1) is 0 Å². The highest BCUT2D eigenvalue weighted by Gasteiger charge is 2.10. The number of rotatable bonds is 7. The van der Waals surface area contributed by atoms with Crippen LogP contribution in [0, 0.1) is 13.8 Å². The number of anilines is 1. The number of aliphatic hydroxyl groups is 2. The average molecular weight is 389 g/mol. The zero-order valence-electron chi connectivity index (χ0n) is 17.1. The first kappa shape index (κ1) is 20.8. The number of aliphatic hydroxyl groups excluding tert-OH is 1. The fourth-order valence-corrected chi connectivity index (χ4v) is 3.38. The van der Waals surface area contributed by atoms with E-state index >= 15 is 0 Å². The molecule has 4 nitrogen and oxygen atoms in total. The molecule has 0 aliphatic heterocycles. The van der Waals surface area contributed by atoms with Gasteiger partial charge < -0.3 is 15.5 Å². The van der Waals surface area contributed by atoms with Gasteiger partial charge in [-0.3, -0.25) is 4.79 Å². The molecule has 29 heavy (non-hydrogen) atoms. The van der Waals surface area contributed by atoms with Gasteiger partial charge in [0, 0.05) is 29.8 Å². The predicted molar refractivity (Wildman–Crippen MR) is 117 cm³/mol. The van der Waals surface area contributed by atoms with Crippen molar-refractivity contribution in [2.75, 3.05) is 5.32 Å². The number of carbonyl (C=O) groups is 1. The van der Waals surface area contributed by atoms with Crippen LogP contribution >= 0.6 is 0 Å². The summed E-state index contributed by atoms with van der Waals surface area (Å²) in [6.45, 7) is 6.64. The maximum absolute atomic E-state index is 12.0. The Hall–Kier alpha value is -2.95. The SMILES string of the molecule is CCC(=O)c1ccc(-c2cc(NCc3ccc(C(O)O)cc3)ccc2C)c(C)c1. The fraction of sp³-hybridized carbons (Fsp3) is 0.240. The van der Waals surface area contributed by atoms with Crippen LogP contribution in [0.3, 0.4) is 0 Å². The number of hydrogen-bond acceptors (Lipinski definition) is 4. The second-order valence-electron chi connectivity index (χ2n) is 7.30. The topological polar surface area (TPSA) is 69.6 Å². The van der Waals surface area contributed by atoms with E-state index in [0.29, 0.717) is 18.5 Å². The highest BCUT2D eigenvalue weighted by Crippen LogP contribution is 2.30. The normalized spacial score (nSPS) is 11.0. The Morgan fingerprint density at radius 3 is 2.24 bits per heavy atom. The molecular formula is C25H27NO3. The first-order chi connectivity index (χ1) is 13.9. The van der Waals surface area contributed by atoms with E-state index in [1.165, 1.54) is 5.56 Å². The lowest BCUT2D eigenvalue weighted by atomic mass is 9.93. The van der Waals surface area contributed by atoms with Crippen LogP contribution in [0.2, 0.25) is 0 Å². The second kappa shape index (κ2) is 9.03. The number of ketones is 1. The van der Waals surface area contributed by atoms with Crippen LogP contribution < -0.4 is 5.32 Å². The average Bonchev–Trinajstić information content (AvgIpc) is 2.73. The van der Waals surface area contributed by atoms with E-state index in [2.05, 4.69) is 30.4 Å². The summed E-state index contributed by atoms with van der Waals surface area (Å²) in [5, 5.41) is 21.8. The number of Topliss-reactive ketones (excluding diaryl/α,β-unsaturated/α-hetero) is 1. The molecule has 0 fully saturated rings. The molecule has 0 aliphatic rings. The molecular weight excluding hydrogens is 362 g/mol. The highest BCUT2D eigenvalue weighted by atomic mass is 16.5. The first-order valence-corrected chi connectivity index (χ1v) is 9.82. The summed E-state index contributed by atoms with van der Waals surface area (Å²) in [6.07, 6.45) is -0.936. The van der Waals surface area contributed by atoms with Crippen molar-refractivity contribution in [1.29, 1.82) is 0 Å². The molecule has 0 aromatic heterocycles. The summed E-state index contributed by atoms with van der Waals surface area (Å²) in [5.41, 5.74) is 7.82. The van der Waals surface area contributed by atoms with E-state index < -0.39 is 6.29 Å². The van der Waals surface area contributed by atoms with Crippen LogP contribution in [0.5, 0.6) is 0 Å². The predicted octanol–water partition coefficient (Wildman–Crippen LogP) is 5.16. The highest BCUT2D eigenvalue weighted by molar-refractivity contribution is 5.96. The minimum atomic E-state index is -1.45. The molecule has 0 saturated carbocycles. The van der Waals surface area contributed by atoms with Crippen molar-refractivity contribution in [3.63, 3.8) is 0 Å². The molecule has 0 spiro atoms. The lowest BCUT2D eigenvalue weighted by Gasteiger charge is -2.14. The molecule has 3 aromatic rings. The molecule has 0 aliphatic carbocycles. The monoisotopic (exact) mass is 389 g/mol. The summed E-state index contributed by atoms with van der Waals surface area (Å²) >= 11 is 0. The van der Waals surface area contributed by atoms with Gasteiger partial charge in [0.15, 0.2) is 12.1 Å². The molecule has 3 rings (SSSR count). The first-order valence-electron chi connectivity index (χ1n) is 9.82. The largest absolute Gasteiger partial charge is 0.381 e. The Bertz CT molecular complexity index is 1010. The third kappa shape index (κ3) is 4.91. The molecule has 0 saturated heterocycles. The maximum Gasteiger partial charge on any atom is 0.178 e. The van der Waals surface area contributed by atoms with E-state index in [4.69, 9.17) is 0 Å². The van der Waals surface area contributed by atoms with Crippen molar-refractivity contribution in [2.45, 2.75) is 40.0 Å². The minimum absolute atomic E-state index is 0.159. The molecule has 0 heterocycles. The smallest absolute Gasteiger partial charge is 0.178 e. The van der Waals surface area contributed by atoms with Crippen LogP contribution in [-0.2, 0) is 6.54 Å². The summed E-state index contributed by atoms with van der Waals surface area (Å²) in [5.74, 6) is 0.159. The molecule has 0 radical (unpaired) electrons. The van der Waals surface area contributed by atoms with Gasteiger partial charge in [-0.1, -0.05) is 49.4 Å². The zero-order chi connectivity index (χ0) is 21.0. The Balaban J connectivity index is 1.80. The van der Waals surface area contributed by atoms with Crippen LogP contribution in [0.15, 0.2) is 60.7 Å². The maximum atomic E-state index is 12.0. The summed E-state index contributed by atoms with van der Waals surface area (Å²) in [7, 11) is 0. The van der Waals surface area contributed by atoms with Gasteiger partial charge in [0.1, 0.15) is 0 Å². The van der Waals surface area contributed by atoms with E-state index in [0.717, 1.165) is 33.5 Å². The van der Waals surface area contributed by atoms with Gasteiger partial charge in [-0.2, -0.15) is 0 Å².